The molecule has 3 amide bonds. The van der Waals surface area contributed by atoms with E-state index in [1.54, 1.807) is 52.0 Å². The summed E-state index contributed by atoms with van der Waals surface area (Å²) in [5, 5.41) is 5.36. The summed E-state index contributed by atoms with van der Waals surface area (Å²) < 4.78 is 25.7. The Hall–Kier alpha value is -2.72. The van der Waals surface area contributed by atoms with Crippen molar-refractivity contribution < 1.29 is 28.2 Å². The number of hydrogen-bond donors (Lipinski definition) is 2. The molecule has 1 aromatic carbocycles. The lowest BCUT2D eigenvalue weighted by atomic mass is 9.91. The second kappa shape index (κ2) is 16.7. The molecule has 4 unspecified atom stereocenters. The number of likely N-dealkylation sites (N-methyl/N-ethyl adjacent to an activating group) is 2. The highest BCUT2D eigenvalue weighted by Crippen LogP contribution is 2.22. The van der Waals surface area contributed by atoms with Crippen LogP contribution in [0.5, 0.6) is 0 Å². The number of ether oxygens (including phenoxy) is 2. The van der Waals surface area contributed by atoms with Crippen LogP contribution in [-0.4, -0.2) is 85.8 Å². The first kappa shape index (κ1) is 36.3. The summed E-state index contributed by atoms with van der Waals surface area (Å²) in [6.07, 6.45) is 1.29. The van der Waals surface area contributed by atoms with Gasteiger partial charge in [-0.15, -0.1) is 0 Å². The van der Waals surface area contributed by atoms with Gasteiger partial charge in [-0.25, -0.2) is 9.18 Å². The lowest BCUT2D eigenvalue weighted by Gasteiger charge is -2.37. The predicted molar refractivity (Wildman–Crippen MR) is 161 cm³/mol. The third kappa shape index (κ3) is 11.6. The Morgan fingerprint density at radius 3 is 2.17 bits per heavy atom. The number of benzene rings is 1. The average molecular weight is 581 g/mol. The lowest BCUT2D eigenvalue weighted by Crippen LogP contribution is -2.54. The van der Waals surface area contributed by atoms with Gasteiger partial charge in [0, 0.05) is 26.4 Å². The van der Waals surface area contributed by atoms with E-state index in [-0.39, 0.29) is 42.3 Å². The molecule has 0 aliphatic carbocycles. The zero-order valence-corrected chi connectivity index (χ0v) is 27.0. The lowest BCUT2D eigenvalue weighted by molar-refractivity contribution is -0.138. The molecule has 0 aliphatic rings. The molecule has 0 spiro atoms. The smallest absolute Gasteiger partial charge is 0.412 e. The van der Waals surface area contributed by atoms with Gasteiger partial charge in [-0.05, 0) is 70.2 Å². The molecule has 10 heteroatoms. The van der Waals surface area contributed by atoms with Crippen molar-refractivity contribution in [2.24, 2.45) is 11.8 Å². The molecule has 234 valence electrons. The van der Waals surface area contributed by atoms with Gasteiger partial charge in [-0.1, -0.05) is 47.1 Å². The van der Waals surface area contributed by atoms with Crippen LogP contribution in [0.15, 0.2) is 18.2 Å². The minimum absolute atomic E-state index is 0.0380. The maximum Gasteiger partial charge on any atom is 0.412 e. The molecule has 4 atom stereocenters. The van der Waals surface area contributed by atoms with Gasteiger partial charge in [0.05, 0.1) is 24.7 Å². The number of amides is 3. The second-order valence-corrected chi connectivity index (χ2v) is 12.1. The van der Waals surface area contributed by atoms with Crippen LogP contribution in [0.1, 0.15) is 73.8 Å². The molecular weight excluding hydrogens is 527 g/mol. The average Bonchev–Trinajstić information content (AvgIpc) is 2.87. The zero-order valence-electron chi connectivity index (χ0n) is 27.0. The van der Waals surface area contributed by atoms with Crippen molar-refractivity contribution in [2.75, 3.05) is 39.6 Å². The summed E-state index contributed by atoms with van der Waals surface area (Å²) in [5.41, 5.74) is 0.105. The first-order valence-electron chi connectivity index (χ1n) is 14.6. The molecule has 9 nitrogen and oxygen atoms in total. The Balaban J connectivity index is 2.81. The van der Waals surface area contributed by atoms with E-state index < -0.39 is 23.6 Å². The van der Waals surface area contributed by atoms with Gasteiger partial charge in [-0.3, -0.25) is 19.8 Å². The fraction of sp³-hybridized carbons (Fsp3) is 0.710. The highest BCUT2D eigenvalue weighted by atomic mass is 19.1. The van der Waals surface area contributed by atoms with E-state index in [4.69, 9.17) is 9.47 Å². The van der Waals surface area contributed by atoms with Crippen LogP contribution in [0.3, 0.4) is 0 Å². The summed E-state index contributed by atoms with van der Waals surface area (Å²) in [4.78, 5) is 41.8. The molecule has 1 rings (SSSR count). The number of carbonyl (C=O) groups excluding carboxylic acids is 3. The quantitative estimate of drug-likeness (QED) is 0.300. The van der Waals surface area contributed by atoms with Crippen LogP contribution < -0.4 is 10.6 Å². The van der Waals surface area contributed by atoms with Crippen molar-refractivity contribution in [1.82, 2.24) is 15.1 Å². The van der Waals surface area contributed by atoms with Crippen LogP contribution in [0, 0.1) is 17.7 Å². The van der Waals surface area contributed by atoms with E-state index in [9.17, 15) is 18.8 Å². The summed E-state index contributed by atoms with van der Waals surface area (Å²) in [5.74, 6) is -0.680. The summed E-state index contributed by atoms with van der Waals surface area (Å²) in [6.45, 7) is 15.7. The van der Waals surface area contributed by atoms with E-state index in [1.165, 1.54) is 6.07 Å². The molecule has 2 N–H and O–H groups in total. The van der Waals surface area contributed by atoms with E-state index in [2.05, 4.69) is 24.5 Å². The van der Waals surface area contributed by atoms with Crippen molar-refractivity contribution in [3.8, 4) is 0 Å². The van der Waals surface area contributed by atoms with Crippen LogP contribution in [-0.2, 0) is 25.5 Å². The standard InChI is InChI=1S/C31H53FN4O5/c1-12-21(5)28(25(13-2)40-11)36(10)26(37)19-33-29(38)27(20(3)4)35(9)17-16-22-14-15-23(18-24(22)32)34-30(39)41-31(6,7)8/h14-15,18,20-21,25,27-28H,12-13,16-17,19H2,1-11H3,(H,33,38)(H,34,39). The number of methoxy groups -OCH3 is 1. The molecule has 0 fully saturated rings. The normalized spacial score (nSPS) is 14.8. The van der Waals surface area contributed by atoms with Gasteiger partial charge in [0.1, 0.15) is 11.4 Å². The topological polar surface area (TPSA) is 100 Å². The van der Waals surface area contributed by atoms with Crippen molar-refractivity contribution in [1.29, 1.82) is 0 Å². The van der Waals surface area contributed by atoms with Gasteiger partial charge >= 0.3 is 6.09 Å². The third-order valence-electron chi connectivity index (χ3n) is 7.37. The molecule has 0 bridgehead atoms. The predicted octanol–water partition coefficient (Wildman–Crippen LogP) is 5.09. The minimum Gasteiger partial charge on any atom is -0.444 e. The maximum atomic E-state index is 14.8. The van der Waals surface area contributed by atoms with Gasteiger partial charge < -0.3 is 19.7 Å². The number of rotatable bonds is 15. The highest BCUT2D eigenvalue weighted by molar-refractivity contribution is 5.87. The zero-order chi connectivity index (χ0) is 31.5. The van der Waals surface area contributed by atoms with Crippen LogP contribution in [0.4, 0.5) is 14.9 Å². The third-order valence-corrected chi connectivity index (χ3v) is 7.37. The van der Waals surface area contributed by atoms with E-state index in [1.807, 2.05) is 32.7 Å². The second-order valence-electron chi connectivity index (χ2n) is 12.1. The maximum absolute atomic E-state index is 14.8. The fourth-order valence-electron chi connectivity index (χ4n) is 5.04. The van der Waals surface area contributed by atoms with Crippen molar-refractivity contribution >= 4 is 23.6 Å². The largest absolute Gasteiger partial charge is 0.444 e. The number of carbonyl (C=O) groups is 3. The molecule has 41 heavy (non-hydrogen) atoms. The fourth-order valence-corrected chi connectivity index (χ4v) is 5.04. The SMILES string of the molecule is CCC(C)C(C(CC)OC)N(C)C(=O)CNC(=O)C(C(C)C)N(C)CCc1ccc(NC(=O)OC(C)(C)C)cc1F. The van der Waals surface area contributed by atoms with Gasteiger partial charge in [0.25, 0.3) is 0 Å². The number of nitrogens with one attached hydrogen (secondary N) is 2. The summed E-state index contributed by atoms with van der Waals surface area (Å²) in [6, 6.07) is 3.90. The van der Waals surface area contributed by atoms with Gasteiger partial charge in [-0.2, -0.15) is 0 Å². The van der Waals surface area contributed by atoms with Crippen LogP contribution in [0.25, 0.3) is 0 Å². The van der Waals surface area contributed by atoms with Crippen molar-refractivity contribution in [2.45, 2.75) is 98.4 Å². The van der Waals surface area contributed by atoms with E-state index in [0.717, 1.165) is 12.8 Å². The Morgan fingerprint density at radius 2 is 1.68 bits per heavy atom. The molecule has 0 aromatic heterocycles. The molecule has 0 aliphatic heterocycles. The molecule has 0 heterocycles. The van der Waals surface area contributed by atoms with Crippen LogP contribution in [0.2, 0.25) is 0 Å². The molecule has 0 saturated carbocycles. The van der Waals surface area contributed by atoms with Crippen molar-refractivity contribution in [3.63, 3.8) is 0 Å². The Labute approximate surface area is 246 Å². The van der Waals surface area contributed by atoms with E-state index in [0.29, 0.717) is 24.2 Å². The monoisotopic (exact) mass is 580 g/mol. The number of halogens is 1. The molecular formula is C31H53FN4O5. The number of nitrogens with zero attached hydrogens (tertiary/aromatic N) is 2. The number of hydrogen-bond acceptors (Lipinski definition) is 6. The number of anilines is 1. The minimum atomic E-state index is -0.659. The summed E-state index contributed by atoms with van der Waals surface area (Å²) in [7, 11) is 5.24. The Bertz CT molecular complexity index is 993. The van der Waals surface area contributed by atoms with E-state index >= 15 is 0 Å². The molecule has 0 saturated heterocycles. The first-order valence-corrected chi connectivity index (χ1v) is 14.6. The van der Waals surface area contributed by atoms with Gasteiger partial charge in [0.15, 0.2) is 0 Å². The first-order chi connectivity index (χ1) is 19.1. The van der Waals surface area contributed by atoms with Crippen LogP contribution >= 0.6 is 0 Å². The molecule has 1 aromatic rings. The van der Waals surface area contributed by atoms with Crippen molar-refractivity contribution in [3.05, 3.63) is 29.6 Å². The Morgan fingerprint density at radius 1 is 1.05 bits per heavy atom. The summed E-state index contributed by atoms with van der Waals surface area (Å²) >= 11 is 0. The molecule has 0 radical (unpaired) electrons. The Kier molecular flexibility index (Phi) is 14.7. The highest BCUT2D eigenvalue weighted by Gasteiger charge is 2.32. The van der Waals surface area contributed by atoms with Gasteiger partial charge in [0.2, 0.25) is 11.8 Å².